The van der Waals surface area contributed by atoms with Crippen LogP contribution >= 0.6 is 0 Å². The molecular formula is C30H23FN2O3. The maximum absolute atomic E-state index is 13.8. The largest absolute Gasteiger partial charge is 0.324 e. The fourth-order valence-corrected chi connectivity index (χ4v) is 4.51. The summed E-state index contributed by atoms with van der Waals surface area (Å²) in [5, 5.41) is 2.89. The number of nitrogens with one attached hydrogen (secondary N) is 1. The molecule has 1 aliphatic heterocycles. The predicted molar refractivity (Wildman–Crippen MR) is 135 cm³/mol. The van der Waals surface area contributed by atoms with E-state index in [1.807, 2.05) is 31.2 Å². The number of anilines is 1. The number of halogens is 1. The summed E-state index contributed by atoms with van der Waals surface area (Å²) in [6.45, 7) is 1.75. The van der Waals surface area contributed by atoms with Crippen molar-refractivity contribution in [2.75, 3.05) is 11.9 Å². The molecular weight excluding hydrogens is 455 g/mol. The zero-order valence-corrected chi connectivity index (χ0v) is 19.6. The molecule has 0 radical (unpaired) electrons. The fourth-order valence-electron chi connectivity index (χ4n) is 4.51. The van der Waals surface area contributed by atoms with Crippen LogP contribution in [0.1, 0.15) is 49.0 Å². The van der Waals surface area contributed by atoms with Crippen LogP contribution in [0.5, 0.6) is 0 Å². The highest BCUT2D eigenvalue weighted by Gasteiger charge is 2.34. The summed E-state index contributed by atoms with van der Waals surface area (Å²) >= 11 is 0. The summed E-state index contributed by atoms with van der Waals surface area (Å²) in [4.78, 5) is 40.8. The van der Waals surface area contributed by atoms with Gasteiger partial charge >= 0.3 is 0 Å². The molecule has 0 saturated heterocycles. The van der Waals surface area contributed by atoms with Crippen LogP contribution in [0.15, 0.2) is 97.1 Å². The third kappa shape index (κ3) is 4.53. The van der Waals surface area contributed by atoms with E-state index in [0.717, 1.165) is 11.1 Å². The summed E-state index contributed by atoms with van der Waals surface area (Å²) in [7, 11) is 0. The number of benzene rings is 4. The van der Waals surface area contributed by atoms with E-state index < -0.39 is 6.04 Å². The third-order valence-corrected chi connectivity index (χ3v) is 6.28. The molecule has 0 saturated carbocycles. The highest BCUT2D eigenvalue weighted by Crippen LogP contribution is 2.37. The van der Waals surface area contributed by atoms with Crippen molar-refractivity contribution in [1.82, 2.24) is 4.90 Å². The van der Waals surface area contributed by atoms with Crippen molar-refractivity contribution in [3.05, 3.63) is 136 Å². The molecule has 1 atom stereocenters. The number of ketones is 1. The van der Waals surface area contributed by atoms with Gasteiger partial charge in [-0.25, -0.2) is 4.39 Å². The lowest BCUT2D eigenvalue weighted by Crippen LogP contribution is -2.39. The van der Waals surface area contributed by atoms with Crippen LogP contribution in [0.4, 0.5) is 10.1 Å². The van der Waals surface area contributed by atoms with Gasteiger partial charge in [-0.05, 0) is 42.8 Å². The van der Waals surface area contributed by atoms with Crippen molar-refractivity contribution >= 4 is 23.3 Å². The maximum atomic E-state index is 13.8. The predicted octanol–water partition coefficient (Wildman–Crippen LogP) is 5.55. The minimum absolute atomic E-state index is 0.141. The molecule has 0 spiro atoms. The number of hydrogen-bond acceptors (Lipinski definition) is 3. The van der Waals surface area contributed by atoms with Crippen molar-refractivity contribution in [2.24, 2.45) is 0 Å². The average molecular weight is 479 g/mol. The van der Waals surface area contributed by atoms with E-state index >= 15 is 0 Å². The Kier molecular flexibility index (Phi) is 6.17. The number of nitrogens with zero attached hydrogens (tertiary/aromatic N) is 1. The maximum Gasteiger partial charge on any atom is 0.255 e. The number of hydrogen-bond donors (Lipinski definition) is 1. The first-order valence-electron chi connectivity index (χ1n) is 11.6. The smallest absolute Gasteiger partial charge is 0.255 e. The normalized spacial score (nSPS) is 15.0. The highest BCUT2D eigenvalue weighted by molar-refractivity contribution is 6.09. The van der Waals surface area contributed by atoms with E-state index in [1.165, 1.54) is 17.0 Å². The molecule has 6 heteroatoms. The van der Waals surface area contributed by atoms with Crippen molar-refractivity contribution in [2.45, 2.75) is 13.0 Å². The van der Waals surface area contributed by atoms with E-state index in [-0.39, 0.29) is 30.0 Å². The van der Waals surface area contributed by atoms with Crippen LogP contribution in [0.3, 0.4) is 0 Å². The van der Waals surface area contributed by atoms with Gasteiger partial charge in [-0.15, -0.1) is 0 Å². The molecule has 36 heavy (non-hydrogen) atoms. The molecule has 4 aromatic rings. The van der Waals surface area contributed by atoms with Crippen molar-refractivity contribution in [3.8, 4) is 0 Å². The van der Waals surface area contributed by atoms with Gasteiger partial charge in [0, 0.05) is 27.9 Å². The van der Waals surface area contributed by atoms with E-state index in [4.69, 9.17) is 0 Å². The van der Waals surface area contributed by atoms with Gasteiger partial charge in [0.1, 0.15) is 12.4 Å². The van der Waals surface area contributed by atoms with Crippen LogP contribution in [0.25, 0.3) is 0 Å². The number of carbonyl (C=O) groups excluding carboxylic acids is 3. The minimum atomic E-state index is -0.613. The zero-order chi connectivity index (χ0) is 25.2. The average Bonchev–Trinajstić information content (AvgIpc) is 3.04. The van der Waals surface area contributed by atoms with E-state index in [1.54, 1.807) is 60.7 Å². The summed E-state index contributed by atoms with van der Waals surface area (Å²) in [6, 6.07) is 26.3. The quantitative estimate of drug-likeness (QED) is 0.391. The number of amides is 2. The SMILES string of the molecule is Cc1ccc2c(c1)[C@@H](c1ccc(F)cc1)N(C(=O)c1ccc(C(=O)c3ccccc3)cc1)CC(=O)N2. The third-order valence-electron chi connectivity index (χ3n) is 6.28. The Morgan fingerprint density at radius 3 is 2.17 bits per heavy atom. The lowest BCUT2D eigenvalue weighted by molar-refractivity contribution is -0.117. The second kappa shape index (κ2) is 9.58. The number of aryl methyl sites for hydroxylation is 1. The lowest BCUT2D eigenvalue weighted by atomic mass is 9.94. The highest BCUT2D eigenvalue weighted by atomic mass is 19.1. The summed E-state index contributed by atoms with van der Waals surface area (Å²) in [5.74, 6) is -1.22. The molecule has 0 bridgehead atoms. The first kappa shape index (κ1) is 23.2. The first-order valence-corrected chi connectivity index (χ1v) is 11.6. The molecule has 4 aromatic carbocycles. The Labute approximate surface area is 208 Å². The van der Waals surface area contributed by atoms with Crippen molar-refractivity contribution < 1.29 is 18.8 Å². The molecule has 1 heterocycles. The minimum Gasteiger partial charge on any atom is -0.324 e. The molecule has 0 aromatic heterocycles. The summed E-state index contributed by atoms with van der Waals surface area (Å²) in [6.07, 6.45) is 0. The molecule has 5 nitrogen and oxygen atoms in total. The summed E-state index contributed by atoms with van der Waals surface area (Å²) < 4.78 is 13.7. The van der Waals surface area contributed by atoms with Gasteiger partial charge in [0.15, 0.2) is 5.78 Å². The van der Waals surface area contributed by atoms with E-state index in [0.29, 0.717) is 27.9 Å². The number of rotatable bonds is 4. The van der Waals surface area contributed by atoms with Gasteiger partial charge in [-0.3, -0.25) is 14.4 Å². The van der Waals surface area contributed by atoms with Crippen LogP contribution in [-0.4, -0.2) is 29.0 Å². The Bertz CT molecular complexity index is 1450. The molecule has 0 aliphatic carbocycles. The number of carbonyl (C=O) groups is 3. The topological polar surface area (TPSA) is 66.5 Å². The zero-order valence-electron chi connectivity index (χ0n) is 19.6. The standard InChI is InChI=1S/C30H23FN2O3/c1-19-7-16-26-25(17-19)28(20-12-14-24(31)15-13-20)33(18-27(34)32-26)30(36)23-10-8-22(9-11-23)29(35)21-5-3-2-4-6-21/h2-17,28H,18H2,1H3,(H,32,34)/t28-/m1/s1. The van der Waals surface area contributed by atoms with E-state index in [2.05, 4.69) is 5.32 Å². The molecule has 1 N–H and O–H groups in total. The molecule has 0 fully saturated rings. The lowest BCUT2D eigenvalue weighted by Gasteiger charge is -2.31. The Morgan fingerprint density at radius 1 is 0.833 bits per heavy atom. The van der Waals surface area contributed by atoms with Gasteiger partial charge in [-0.1, -0.05) is 72.3 Å². The molecule has 5 rings (SSSR count). The number of fused-ring (bicyclic) bond motifs is 1. The Morgan fingerprint density at radius 2 is 1.47 bits per heavy atom. The van der Waals surface area contributed by atoms with Crippen molar-refractivity contribution in [1.29, 1.82) is 0 Å². The van der Waals surface area contributed by atoms with Crippen LogP contribution in [-0.2, 0) is 4.79 Å². The van der Waals surface area contributed by atoms with Gasteiger partial charge < -0.3 is 10.2 Å². The van der Waals surface area contributed by atoms with Gasteiger partial charge in [0.05, 0.1) is 6.04 Å². The summed E-state index contributed by atoms with van der Waals surface area (Å²) in [5.41, 5.74) is 4.37. The first-order chi connectivity index (χ1) is 17.4. The fraction of sp³-hybridized carbons (Fsp3) is 0.100. The monoisotopic (exact) mass is 478 g/mol. The van der Waals surface area contributed by atoms with Gasteiger partial charge in [-0.2, -0.15) is 0 Å². The van der Waals surface area contributed by atoms with Crippen LogP contribution in [0.2, 0.25) is 0 Å². The Balaban J connectivity index is 1.54. The van der Waals surface area contributed by atoms with Crippen molar-refractivity contribution in [3.63, 3.8) is 0 Å². The second-order valence-corrected chi connectivity index (χ2v) is 8.80. The van der Waals surface area contributed by atoms with Gasteiger partial charge in [0.2, 0.25) is 5.91 Å². The Hall–Kier alpha value is -4.58. The molecule has 2 amide bonds. The van der Waals surface area contributed by atoms with Crippen LogP contribution < -0.4 is 5.32 Å². The molecule has 0 unspecified atom stereocenters. The van der Waals surface area contributed by atoms with Crippen LogP contribution in [0, 0.1) is 12.7 Å². The van der Waals surface area contributed by atoms with Gasteiger partial charge in [0.25, 0.3) is 5.91 Å². The second-order valence-electron chi connectivity index (χ2n) is 8.80. The van der Waals surface area contributed by atoms with E-state index in [9.17, 15) is 18.8 Å². The molecule has 178 valence electrons. The molecule has 1 aliphatic rings.